The predicted octanol–water partition coefficient (Wildman–Crippen LogP) is 0.439. The Labute approximate surface area is 115 Å². The molecule has 1 rings (SSSR count). The van der Waals surface area contributed by atoms with Crippen molar-refractivity contribution in [3.8, 4) is 0 Å². The van der Waals surface area contributed by atoms with E-state index in [0.717, 1.165) is 19.4 Å². The maximum absolute atomic E-state index is 12.1. The van der Waals surface area contributed by atoms with Gasteiger partial charge in [0.1, 0.15) is 6.04 Å². The van der Waals surface area contributed by atoms with Gasteiger partial charge >= 0.3 is 0 Å². The molecule has 0 bridgehead atoms. The van der Waals surface area contributed by atoms with Crippen LogP contribution in [0.2, 0.25) is 0 Å². The van der Waals surface area contributed by atoms with Crippen LogP contribution >= 0.6 is 12.4 Å². The molecule has 106 valence electrons. The van der Waals surface area contributed by atoms with E-state index in [-0.39, 0.29) is 29.6 Å². The Hall–Kier alpha value is -0.810. The number of piperidine rings is 1. The van der Waals surface area contributed by atoms with Gasteiger partial charge in [-0.1, -0.05) is 0 Å². The van der Waals surface area contributed by atoms with Crippen LogP contribution in [0.4, 0.5) is 0 Å². The molecule has 0 radical (unpaired) electrons. The Morgan fingerprint density at radius 2 is 2.11 bits per heavy atom. The van der Waals surface area contributed by atoms with Gasteiger partial charge in [0.25, 0.3) is 0 Å². The van der Waals surface area contributed by atoms with E-state index in [9.17, 15) is 9.59 Å². The molecule has 5 nitrogen and oxygen atoms in total. The molecule has 1 saturated heterocycles. The van der Waals surface area contributed by atoms with Gasteiger partial charge in [-0.05, 0) is 40.2 Å². The first kappa shape index (κ1) is 17.2. The summed E-state index contributed by atoms with van der Waals surface area (Å²) in [7, 11) is 0. The van der Waals surface area contributed by atoms with Crippen LogP contribution in [0.25, 0.3) is 0 Å². The van der Waals surface area contributed by atoms with Gasteiger partial charge < -0.3 is 16.0 Å². The monoisotopic (exact) mass is 277 g/mol. The molecule has 18 heavy (non-hydrogen) atoms. The van der Waals surface area contributed by atoms with E-state index < -0.39 is 6.04 Å². The topological polar surface area (TPSA) is 70.2 Å². The standard InChI is InChI=1S/C12H23N3O2.ClH/c1-4-14-10(16)9(2)15-11(17)12(3)6-5-7-13-8-12;/h9,13H,4-8H2,1-3H3,(H,14,16)(H,15,17);1H. The fraction of sp³-hybridized carbons (Fsp3) is 0.833. The number of rotatable bonds is 4. The van der Waals surface area contributed by atoms with Gasteiger partial charge in [-0.3, -0.25) is 9.59 Å². The van der Waals surface area contributed by atoms with E-state index in [1.54, 1.807) is 6.92 Å². The van der Waals surface area contributed by atoms with Crippen LogP contribution in [0.1, 0.15) is 33.6 Å². The second-order valence-electron chi connectivity index (χ2n) is 4.93. The zero-order chi connectivity index (χ0) is 12.9. The van der Waals surface area contributed by atoms with E-state index in [1.807, 2.05) is 13.8 Å². The van der Waals surface area contributed by atoms with Crippen molar-refractivity contribution in [1.29, 1.82) is 0 Å². The van der Waals surface area contributed by atoms with Crippen LogP contribution in [0.3, 0.4) is 0 Å². The molecule has 0 aromatic carbocycles. The normalized spacial score (nSPS) is 24.6. The molecular formula is C12H24ClN3O2. The molecule has 0 aromatic heterocycles. The summed E-state index contributed by atoms with van der Waals surface area (Å²) in [4.78, 5) is 23.6. The average Bonchev–Trinajstić information content (AvgIpc) is 2.30. The summed E-state index contributed by atoms with van der Waals surface area (Å²) in [5, 5.41) is 8.70. The predicted molar refractivity (Wildman–Crippen MR) is 73.7 cm³/mol. The number of amides is 2. The van der Waals surface area contributed by atoms with E-state index in [2.05, 4.69) is 16.0 Å². The van der Waals surface area contributed by atoms with Crippen LogP contribution in [0.5, 0.6) is 0 Å². The number of nitrogens with one attached hydrogen (secondary N) is 3. The molecule has 0 spiro atoms. The smallest absolute Gasteiger partial charge is 0.242 e. The van der Waals surface area contributed by atoms with Gasteiger partial charge in [-0.15, -0.1) is 12.4 Å². The first-order valence-electron chi connectivity index (χ1n) is 6.29. The molecule has 1 fully saturated rings. The van der Waals surface area contributed by atoms with Crippen molar-refractivity contribution in [2.24, 2.45) is 5.41 Å². The molecule has 1 aliphatic heterocycles. The molecule has 6 heteroatoms. The van der Waals surface area contributed by atoms with Crippen molar-refractivity contribution in [1.82, 2.24) is 16.0 Å². The quantitative estimate of drug-likeness (QED) is 0.698. The fourth-order valence-corrected chi connectivity index (χ4v) is 2.01. The van der Waals surface area contributed by atoms with Gasteiger partial charge in [0.05, 0.1) is 5.41 Å². The largest absolute Gasteiger partial charge is 0.355 e. The number of halogens is 1. The molecule has 2 amide bonds. The third kappa shape index (κ3) is 4.46. The Bertz CT molecular complexity index is 291. The lowest BCUT2D eigenvalue weighted by Crippen LogP contribution is -2.53. The lowest BCUT2D eigenvalue weighted by atomic mass is 9.82. The highest BCUT2D eigenvalue weighted by molar-refractivity contribution is 5.89. The number of carbonyl (C=O) groups excluding carboxylic acids is 2. The van der Waals surface area contributed by atoms with Crippen LogP contribution in [-0.4, -0.2) is 37.5 Å². The average molecular weight is 278 g/mol. The van der Waals surface area contributed by atoms with Crippen molar-refractivity contribution in [3.05, 3.63) is 0 Å². The summed E-state index contributed by atoms with van der Waals surface area (Å²) in [6.07, 6.45) is 1.87. The van der Waals surface area contributed by atoms with Crippen LogP contribution in [0.15, 0.2) is 0 Å². The SMILES string of the molecule is CCNC(=O)C(C)NC(=O)C1(C)CCCNC1.Cl. The van der Waals surface area contributed by atoms with Gasteiger partial charge in [-0.25, -0.2) is 0 Å². The Kier molecular flexibility index (Phi) is 7.25. The Balaban J connectivity index is 0.00000289. The number of likely N-dealkylation sites (N-methyl/N-ethyl adjacent to an activating group) is 1. The summed E-state index contributed by atoms with van der Waals surface area (Å²) in [5.74, 6) is -0.170. The molecular weight excluding hydrogens is 254 g/mol. The van der Waals surface area contributed by atoms with E-state index >= 15 is 0 Å². The van der Waals surface area contributed by atoms with Crippen molar-refractivity contribution >= 4 is 24.2 Å². The number of carbonyl (C=O) groups is 2. The summed E-state index contributed by atoms with van der Waals surface area (Å²) < 4.78 is 0. The van der Waals surface area contributed by atoms with Gasteiger partial charge in [0, 0.05) is 13.1 Å². The zero-order valence-electron chi connectivity index (χ0n) is 11.3. The van der Waals surface area contributed by atoms with Gasteiger partial charge in [0.2, 0.25) is 11.8 Å². The van der Waals surface area contributed by atoms with Gasteiger partial charge in [0.15, 0.2) is 0 Å². The van der Waals surface area contributed by atoms with Crippen molar-refractivity contribution in [2.75, 3.05) is 19.6 Å². The molecule has 1 heterocycles. The number of hydrogen-bond acceptors (Lipinski definition) is 3. The second kappa shape index (κ2) is 7.59. The second-order valence-corrected chi connectivity index (χ2v) is 4.93. The first-order valence-corrected chi connectivity index (χ1v) is 6.29. The third-order valence-electron chi connectivity index (χ3n) is 3.24. The van der Waals surface area contributed by atoms with Gasteiger partial charge in [-0.2, -0.15) is 0 Å². The number of hydrogen-bond donors (Lipinski definition) is 3. The minimum absolute atomic E-state index is 0. The minimum Gasteiger partial charge on any atom is -0.355 e. The highest BCUT2D eigenvalue weighted by Crippen LogP contribution is 2.25. The van der Waals surface area contributed by atoms with Crippen molar-refractivity contribution < 1.29 is 9.59 Å². The molecule has 0 aromatic rings. The maximum atomic E-state index is 12.1. The molecule has 2 unspecified atom stereocenters. The molecule has 0 saturated carbocycles. The summed E-state index contributed by atoms with van der Waals surface area (Å²) in [6, 6.07) is -0.471. The first-order chi connectivity index (χ1) is 7.99. The molecule has 1 aliphatic rings. The van der Waals surface area contributed by atoms with Crippen molar-refractivity contribution in [3.63, 3.8) is 0 Å². The fourth-order valence-electron chi connectivity index (χ4n) is 2.01. The maximum Gasteiger partial charge on any atom is 0.242 e. The van der Waals surface area contributed by atoms with E-state index in [0.29, 0.717) is 13.1 Å². The Morgan fingerprint density at radius 3 is 2.61 bits per heavy atom. The van der Waals surface area contributed by atoms with Crippen molar-refractivity contribution in [2.45, 2.75) is 39.7 Å². The van der Waals surface area contributed by atoms with Crippen LogP contribution in [-0.2, 0) is 9.59 Å². The van der Waals surface area contributed by atoms with E-state index in [4.69, 9.17) is 0 Å². The van der Waals surface area contributed by atoms with Crippen LogP contribution < -0.4 is 16.0 Å². The molecule has 3 N–H and O–H groups in total. The lowest BCUT2D eigenvalue weighted by Gasteiger charge is -2.33. The zero-order valence-corrected chi connectivity index (χ0v) is 12.2. The highest BCUT2D eigenvalue weighted by Gasteiger charge is 2.35. The third-order valence-corrected chi connectivity index (χ3v) is 3.24. The minimum atomic E-state index is -0.471. The summed E-state index contributed by atoms with van der Waals surface area (Å²) in [5.41, 5.74) is -0.390. The lowest BCUT2D eigenvalue weighted by molar-refractivity contribution is -0.135. The Morgan fingerprint density at radius 1 is 1.44 bits per heavy atom. The van der Waals surface area contributed by atoms with E-state index in [1.165, 1.54) is 0 Å². The summed E-state index contributed by atoms with van der Waals surface area (Å²) >= 11 is 0. The molecule has 2 atom stereocenters. The summed E-state index contributed by atoms with van der Waals surface area (Å²) in [6.45, 7) is 7.74. The van der Waals surface area contributed by atoms with Crippen LogP contribution in [0, 0.1) is 5.41 Å². The molecule has 0 aliphatic carbocycles. The highest BCUT2D eigenvalue weighted by atomic mass is 35.5.